The number of methoxy groups -OCH3 is 1. The van der Waals surface area contributed by atoms with Crippen LogP contribution in [0.5, 0.6) is 0 Å². The number of rotatable bonds is 6. The fourth-order valence-electron chi connectivity index (χ4n) is 1.33. The van der Waals surface area contributed by atoms with E-state index >= 15 is 0 Å². The molecule has 0 heterocycles. The molecule has 0 saturated carbocycles. The van der Waals surface area contributed by atoms with Crippen LogP contribution in [0.3, 0.4) is 0 Å². The molecule has 0 bridgehead atoms. The van der Waals surface area contributed by atoms with Gasteiger partial charge in [-0.25, -0.2) is 4.79 Å². The van der Waals surface area contributed by atoms with Gasteiger partial charge in [-0.3, -0.25) is 4.79 Å². The molecule has 0 N–H and O–H groups in total. The van der Waals surface area contributed by atoms with E-state index in [1.807, 2.05) is 0 Å². The maximum atomic E-state index is 11.4. The van der Waals surface area contributed by atoms with Gasteiger partial charge in [-0.1, -0.05) is 24.8 Å². The van der Waals surface area contributed by atoms with Gasteiger partial charge in [-0.2, -0.15) is 0 Å². The van der Waals surface area contributed by atoms with E-state index in [0.717, 1.165) is 5.20 Å². The van der Waals surface area contributed by atoms with Gasteiger partial charge >= 0.3 is 11.9 Å². The van der Waals surface area contributed by atoms with Crippen LogP contribution in [-0.4, -0.2) is 33.7 Å². The van der Waals surface area contributed by atoms with Crippen LogP contribution in [0.25, 0.3) is 0 Å². The number of carbonyl (C=O) groups is 2. The summed E-state index contributed by atoms with van der Waals surface area (Å²) in [6, 6.07) is 0. The SMILES string of the molecule is CCOC(=O)/C=C(/CCC(=O)OC)[Si](C)(C)C. The van der Waals surface area contributed by atoms with Crippen molar-refractivity contribution in [1.82, 2.24) is 0 Å². The maximum absolute atomic E-state index is 11.4. The second-order valence-electron chi connectivity index (χ2n) is 4.75. The van der Waals surface area contributed by atoms with E-state index in [2.05, 4.69) is 24.4 Å². The van der Waals surface area contributed by atoms with Crippen LogP contribution in [0.4, 0.5) is 0 Å². The monoisotopic (exact) mass is 258 g/mol. The van der Waals surface area contributed by atoms with E-state index in [-0.39, 0.29) is 11.9 Å². The molecule has 0 aromatic heterocycles. The molecule has 17 heavy (non-hydrogen) atoms. The Kier molecular flexibility index (Phi) is 6.80. The van der Waals surface area contributed by atoms with Gasteiger partial charge in [-0.15, -0.1) is 0 Å². The summed E-state index contributed by atoms with van der Waals surface area (Å²) in [5, 5.41) is 1.03. The molecular formula is C12H22O4Si. The third kappa shape index (κ3) is 6.94. The highest BCUT2D eigenvalue weighted by Crippen LogP contribution is 2.20. The highest BCUT2D eigenvalue weighted by Gasteiger charge is 2.21. The predicted octanol–water partition coefficient (Wildman–Crippen LogP) is 2.31. The molecule has 0 aliphatic carbocycles. The van der Waals surface area contributed by atoms with Crippen molar-refractivity contribution in [1.29, 1.82) is 0 Å². The topological polar surface area (TPSA) is 52.6 Å². The van der Waals surface area contributed by atoms with Crippen molar-refractivity contribution >= 4 is 20.0 Å². The van der Waals surface area contributed by atoms with E-state index in [0.29, 0.717) is 19.4 Å². The third-order valence-electron chi connectivity index (χ3n) is 2.37. The predicted molar refractivity (Wildman–Crippen MR) is 69.3 cm³/mol. The van der Waals surface area contributed by atoms with Gasteiger partial charge in [-0.05, 0) is 13.3 Å². The first kappa shape index (κ1) is 15.9. The first-order chi connectivity index (χ1) is 7.81. The van der Waals surface area contributed by atoms with Crippen molar-refractivity contribution in [3.63, 3.8) is 0 Å². The summed E-state index contributed by atoms with van der Waals surface area (Å²) < 4.78 is 9.49. The Hall–Kier alpha value is -1.10. The molecule has 0 fully saturated rings. The van der Waals surface area contributed by atoms with E-state index in [4.69, 9.17) is 4.74 Å². The average Bonchev–Trinajstić information content (AvgIpc) is 2.22. The number of carbonyl (C=O) groups excluding carboxylic acids is 2. The maximum Gasteiger partial charge on any atom is 0.330 e. The summed E-state index contributed by atoms with van der Waals surface area (Å²) in [5.74, 6) is -0.576. The molecule has 0 atom stereocenters. The molecule has 0 aromatic carbocycles. The molecule has 0 unspecified atom stereocenters. The molecule has 0 amide bonds. The lowest BCUT2D eigenvalue weighted by molar-refractivity contribution is -0.141. The molecule has 98 valence electrons. The third-order valence-corrected chi connectivity index (χ3v) is 4.69. The van der Waals surface area contributed by atoms with Gasteiger partial charge in [0.15, 0.2) is 0 Å². The minimum absolute atomic E-state index is 0.252. The largest absolute Gasteiger partial charge is 0.469 e. The van der Waals surface area contributed by atoms with Crippen LogP contribution in [0.1, 0.15) is 19.8 Å². The molecule has 0 aliphatic rings. The Morgan fingerprint density at radius 2 is 1.76 bits per heavy atom. The fraction of sp³-hybridized carbons (Fsp3) is 0.667. The highest BCUT2D eigenvalue weighted by molar-refractivity contribution is 6.83. The van der Waals surface area contributed by atoms with E-state index in [1.165, 1.54) is 7.11 Å². The number of esters is 2. The Morgan fingerprint density at radius 1 is 1.18 bits per heavy atom. The normalized spacial score (nSPS) is 12.2. The minimum Gasteiger partial charge on any atom is -0.469 e. The number of hydrogen-bond donors (Lipinski definition) is 0. The zero-order valence-corrected chi connectivity index (χ0v) is 12.3. The van der Waals surface area contributed by atoms with Crippen LogP contribution in [0, 0.1) is 0 Å². The Bertz CT molecular complexity index is 302. The van der Waals surface area contributed by atoms with Gasteiger partial charge in [0.05, 0.1) is 21.8 Å². The van der Waals surface area contributed by atoms with Crippen LogP contribution in [0.2, 0.25) is 19.6 Å². The molecule has 0 saturated heterocycles. The highest BCUT2D eigenvalue weighted by atomic mass is 28.3. The molecule has 0 spiro atoms. The molecule has 0 aromatic rings. The average molecular weight is 258 g/mol. The van der Waals surface area contributed by atoms with Gasteiger partial charge < -0.3 is 9.47 Å². The summed E-state index contributed by atoms with van der Waals surface area (Å²) >= 11 is 0. The van der Waals surface area contributed by atoms with Crippen molar-refractivity contribution < 1.29 is 19.1 Å². The van der Waals surface area contributed by atoms with Crippen molar-refractivity contribution in [2.75, 3.05) is 13.7 Å². The van der Waals surface area contributed by atoms with Crippen molar-refractivity contribution in [2.45, 2.75) is 39.4 Å². The first-order valence-electron chi connectivity index (χ1n) is 5.75. The van der Waals surface area contributed by atoms with Crippen LogP contribution >= 0.6 is 0 Å². The number of hydrogen-bond acceptors (Lipinski definition) is 4. The Labute approximate surface area is 104 Å². The molecule has 0 rings (SSSR count). The summed E-state index contributed by atoms with van der Waals surface area (Å²) in [4.78, 5) is 22.5. The van der Waals surface area contributed by atoms with Gasteiger partial charge in [0.25, 0.3) is 0 Å². The quantitative estimate of drug-likeness (QED) is 0.417. The molecular weight excluding hydrogens is 236 g/mol. The molecule has 5 heteroatoms. The molecule has 4 nitrogen and oxygen atoms in total. The first-order valence-corrected chi connectivity index (χ1v) is 9.25. The lowest BCUT2D eigenvalue weighted by atomic mass is 10.3. The molecule has 0 aliphatic heterocycles. The second-order valence-corrected chi connectivity index (χ2v) is 9.89. The van der Waals surface area contributed by atoms with E-state index < -0.39 is 8.07 Å². The standard InChI is InChI=1S/C12H22O4Si/c1-6-16-12(14)9-10(17(3,4)5)7-8-11(13)15-2/h9H,6-8H2,1-5H3/b10-9-. The van der Waals surface area contributed by atoms with E-state index in [9.17, 15) is 9.59 Å². The smallest absolute Gasteiger partial charge is 0.330 e. The summed E-state index contributed by atoms with van der Waals surface area (Å²) in [5.41, 5.74) is 0. The number of ether oxygens (including phenoxy) is 2. The summed E-state index contributed by atoms with van der Waals surface area (Å²) in [6.45, 7) is 8.54. The van der Waals surface area contributed by atoms with Crippen molar-refractivity contribution in [3.8, 4) is 0 Å². The lowest BCUT2D eigenvalue weighted by Gasteiger charge is -2.20. The minimum atomic E-state index is -1.61. The zero-order valence-electron chi connectivity index (χ0n) is 11.3. The van der Waals surface area contributed by atoms with Crippen molar-refractivity contribution in [3.05, 3.63) is 11.3 Å². The van der Waals surface area contributed by atoms with Crippen LogP contribution in [-0.2, 0) is 19.1 Å². The van der Waals surface area contributed by atoms with E-state index in [1.54, 1.807) is 13.0 Å². The fourth-order valence-corrected chi connectivity index (χ4v) is 2.75. The van der Waals surface area contributed by atoms with Crippen LogP contribution < -0.4 is 0 Å². The van der Waals surface area contributed by atoms with Gasteiger partial charge in [0.2, 0.25) is 0 Å². The lowest BCUT2D eigenvalue weighted by Crippen LogP contribution is -2.26. The Balaban J connectivity index is 4.66. The number of allylic oxidation sites excluding steroid dienone is 1. The van der Waals surface area contributed by atoms with Gasteiger partial charge in [0.1, 0.15) is 0 Å². The zero-order chi connectivity index (χ0) is 13.5. The summed E-state index contributed by atoms with van der Waals surface area (Å²) in [7, 11) is -0.239. The summed E-state index contributed by atoms with van der Waals surface area (Å²) in [6.07, 6.45) is 2.42. The van der Waals surface area contributed by atoms with Crippen LogP contribution in [0.15, 0.2) is 11.3 Å². The second kappa shape index (κ2) is 7.27. The van der Waals surface area contributed by atoms with Gasteiger partial charge in [0, 0.05) is 12.5 Å². The van der Waals surface area contributed by atoms with Crippen molar-refractivity contribution in [2.24, 2.45) is 0 Å². The Morgan fingerprint density at radius 3 is 2.18 bits per heavy atom. The molecule has 0 radical (unpaired) electrons.